The first kappa shape index (κ1) is 17.4. The SMILES string of the molecule is CNC(=O)CO/N=C/c1cc(CC(NC)C(=O)O)ccc1O. The fourth-order valence-corrected chi connectivity index (χ4v) is 1.65. The van der Waals surface area contributed by atoms with Crippen molar-refractivity contribution in [2.24, 2.45) is 5.16 Å². The second kappa shape index (κ2) is 8.63. The van der Waals surface area contributed by atoms with Gasteiger partial charge in [0.15, 0.2) is 6.61 Å². The van der Waals surface area contributed by atoms with Gasteiger partial charge in [0.1, 0.15) is 11.8 Å². The summed E-state index contributed by atoms with van der Waals surface area (Å²) in [7, 11) is 3.04. The summed E-state index contributed by atoms with van der Waals surface area (Å²) >= 11 is 0. The molecule has 0 fully saturated rings. The molecule has 120 valence electrons. The van der Waals surface area contributed by atoms with Crippen molar-refractivity contribution in [3.63, 3.8) is 0 Å². The number of benzene rings is 1. The van der Waals surface area contributed by atoms with Gasteiger partial charge in [-0.25, -0.2) is 0 Å². The Kier molecular flexibility index (Phi) is 6.84. The number of amides is 1. The largest absolute Gasteiger partial charge is 0.507 e. The van der Waals surface area contributed by atoms with Gasteiger partial charge in [0.25, 0.3) is 5.91 Å². The second-order valence-corrected chi connectivity index (χ2v) is 4.46. The number of hydrogen-bond acceptors (Lipinski definition) is 6. The maximum atomic E-state index is 11.0. The third kappa shape index (κ3) is 5.41. The molecule has 1 atom stereocenters. The Labute approximate surface area is 127 Å². The molecule has 0 aliphatic rings. The molecule has 22 heavy (non-hydrogen) atoms. The summed E-state index contributed by atoms with van der Waals surface area (Å²) in [5.74, 6) is -1.31. The molecule has 0 heterocycles. The highest BCUT2D eigenvalue weighted by molar-refractivity contribution is 5.83. The molecule has 0 aliphatic carbocycles. The molecule has 0 aromatic heterocycles. The number of nitrogens with one attached hydrogen (secondary N) is 2. The van der Waals surface area contributed by atoms with Crippen molar-refractivity contribution < 1.29 is 24.6 Å². The van der Waals surface area contributed by atoms with Crippen LogP contribution in [0.25, 0.3) is 0 Å². The van der Waals surface area contributed by atoms with Crippen molar-refractivity contribution in [3.8, 4) is 5.75 Å². The maximum absolute atomic E-state index is 11.0. The molecule has 0 spiro atoms. The van der Waals surface area contributed by atoms with E-state index < -0.39 is 12.0 Å². The first-order valence-electron chi connectivity index (χ1n) is 6.55. The number of aliphatic carboxylic acids is 1. The average molecular weight is 309 g/mol. The van der Waals surface area contributed by atoms with E-state index in [1.165, 1.54) is 19.3 Å². The zero-order chi connectivity index (χ0) is 16.5. The molecule has 4 N–H and O–H groups in total. The Morgan fingerprint density at radius 3 is 2.73 bits per heavy atom. The summed E-state index contributed by atoms with van der Waals surface area (Å²) in [5, 5.41) is 27.4. The van der Waals surface area contributed by atoms with E-state index in [0.29, 0.717) is 11.1 Å². The lowest BCUT2D eigenvalue weighted by molar-refractivity contribution is -0.139. The smallest absolute Gasteiger partial charge is 0.321 e. The fourth-order valence-electron chi connectivity index (χ4n) is 1.65. The number of phenolic OH excluding ortho intramolecular Hbond substituents is 1. The Hall–Kier alpha value is -2.61. The van der Waals surface area contributed by atoms with Crippen LogP contribution in [-0.4, -0.2) is 55.0 Å². The van der Waals surface area contributed by atoms with E-state index in [0.717, 1.165) is 0 Å². The van der Waals surface area contributed by atoms with Crippen LogP contribution in [0.4, 0.5) is 0 Å². The molecule has 1 rings (SSSR count). The zero-order valence-electron chi connectivity index (χ0n) is 12.4. The minimum atomic E-state index is -0.959. The highest BCUT2D eigenvalue weighted by atomic mass is 16.6. The molecule has 1 aromatic carbocycles. The first-order valence-corrected chi connectivity index (χ1v) is 6.55. The van der Waals surface area contributed by atoms with Gasteiger partial charge >= 0.3 is 5.97 Å². The highest BCUT2D eigenvalue weighted by Crippen LogP contribution is 2.17. The Morgan fingerprint density at radius 2 is 2.14 bits per heavy atom. The van der Waals surface area contributed by atoms with Crippen LogP contribution in [0.15, 0.2) is 23.4 Å². The second-order valence-electron chi connectivity index (χ2n) is 4.46. The topological polar surface area (TPSA) is 120 Å². The quantitative estimate of drug-likeness (QED) is 0.387. The van der Waals surface area contributed by atoms with E-state index in [2.05, 4.69) is 15.8 Å². The van der Waals surface area contributed by atoms with Crippen molar-refractivity contribution >= 4 is 18.1 Å². The molecule has 1 aromatic rings. The lowest BCUT2D eigenvalue weighted by Crippen LogP contribution is -2.35. The third-order valence-corrected chi connectivity index (χ3v) is 2.92. The number of nitrogens with zero attached hydrogens (tertiary/aromatic N) is 1. The van der Waals surface area contributed by atoms with Crippen molar-refractivity contribution in [3.05, 3.63) is 29.3 Å². The third-order valence-electron chi connectivity index (χ3n) is 2.92. The van der Waals surface area contributed by atoms with Gasteiger partial charge in [-0.1, -0.05) is 11.2 Å². The molecule has 0 saturated heterocycles. The summed E-state index contributed by atoms with van der Waals surface area (Å²) < 4.78 is 0. The summed E-state index contributed by atoms with van der Waals surface area (Å²) in [5.41, 5.74) is 1.09. The van der Waals surface area contributed by atoms with E-state index in [4.69, 9.17) is 9.94 Å². The average Bonchev–Trinajstić information content (AvgIpc) is 2.50. The number of carboxylic acids is 1. The van der Waals surface area contributed by atoms with Gasteiger partial charge in [-0.2, -0.15) is 0 Å². The summed E-state index contributed by atoms with van der Waals surface area (Å²) in [6.07, 6.45) is 1.52. The minimum Gasteiger partial charge on any atom is -0.507 e. The number of carbonyl (C=O) groups is 2. The molecule has 1 amide bonds. The van der Waals surface area contributed by atoms with Crippen molar-refractivity contribution in [2.75, 3.05) is 20.7 Å². The van der Waals surface area contributed by atoms with Crippen LogP contribution in [0, 0.1) is 0 Å². The lowest BCUT2D eigenvalue weighted by atomic mass is 10.0. The molecular weight excluding hydrogens is 290 g/mol. The lowest BCUT2D eigenvalue weighted by Gasteiger charge is -2.11. The van der Waals surface area contributed by atoms with E-state index in [9.17, 15) is 14.7 Å². The molecule has 0 radical (unpaired) electrons. The minimum absolute atomic E-state index is 0.0209. The first-order chi connectivity index (χ1) is 10.5. The molecule has 1 unspecified atom stereocenters. The number of carboxylic acid groups (broad SMARTS) is 1. The molecule has 0 aliphatic heterocycles. The van der Waals surface area contributed by atoms with Crippen LogP contribution < -0.4 is 10.6 Å². The van der Waals surface area contributed by atoms with Crippen LogP contribution in [0.2, 0.25) is 0 Å². The van der Waals surface area contributed by atoms with Crippen molar-refractivity contribution in [1.82, 2.24) is 10.6 Å². The number of aromatic hydroxyl groups is 1. The van der Waals surface area contributed by atoms with Gasteiger partial charge < -0.3 is 25.7 Å². The van der Waals surface area contributed by atoms with Gasteiger partial charge in [0, 0.05) is 12.6 Å². The maximum Gasteiger partial charge on any atom is 0.321 e. The summed E-state index contributed by atoms with van der Waals surface area (Å²) in [6.45, 7) is -0.228. The Morgan fingerprint density at radius 1 is 1.41 bits per heavy atom. The normalized spacial score (nSPS) is 12.1. The predicted octanol–water partition coefficient (Wildman–Crippen LogP) is -0.296. The zero-order valence-corrected chi connectivity index (χ0v) is 12.4. The monoisotopic (exact) mass is 309 g/mol. The van der Waals surface area contributed by atoms with Gasteiger partial charge in [0.2, 0.25) is 0 Å². The van der Waals surface area contributed by atoms with Gasteiger partial charge in [0.05, 0.1) is 6.21 Å². The molecule has 0 saturated carbocycles. The number of rotatable bonds is 8. The van der Waals surface area contributed by atoms with E-state index in [1.807, 2.05) is 0 Å². The van der Waals surface area contributed by atoms with Gasteiger partial charge in [-0.3, -0.25) is 9.59 Å². The van der Waals surface area contributed by atoms with Gasteiger partial charge in [-0.15, -0.1) is 0 Å². The predicted molar refractivity (Wildman–Crippen MR) is 79.9 cm³/mol. The van der Waals surface area contributed by atoms with E-state index in [1.54, 1.807) is 19.2 Å². The van der Waals surface area contributed by atoms with Crippen LogP contribution in [0.5, 0.6) is 5.75 Å². The number of oxime groups is 1. The molecule has 0 bridgehead atoms. The van der Waals surface area contributed by atoms with Crippen molar-refractivity contribution in [2.45, 2.75) is 12.5 Å². The Balaban J connectivity index is 2.75. The van der Waals surface area contributed by atoms with Gasteiger partial charge in [-0.05, 0) is 31.2 Å². The van der Waals surface area contributed by atoms with Crippen LogP contribution in [0.3, 0.4) is 0 Å². The number of phenols is 1. The standard InChI is InChI=1S/C14H19N3O5/c1-15-11(14(20)21)6-9-3-4-12(18)10(5-9)7-17-22-8-13(19)16-2/h3-5,7,11,15,18H,6,8H2,1-2H3,(H,16,19)(H,20,21)/b17-7+. The summed E-state index contributed by atoms with van der Waals surface area (Å²) in [4.78, 5) is 26.7. The summed E-state index contributed by atoms with van der Waals surface area (Å²) in [6, 6.07) is 3.96. The van der Waals surface area contributed by atoms with Crippen LogP contribution in [-0.2, 0) is 20.8 Å². The number of carbonyl (C=O) groups excluding carboxylic acids is 1. The van der Waals surface area contributed by atoms with Crippen LogP contribution >= 0.6 is 0 Å². The number of likely N-dealkylation sites (N-methyl/N-ethyl adjacent to an activating group) is 2. The molecule has 8 heteroatoms. The van der Waals surface area contributed by atoms with E-state index in [-0.39, 0.29) is 24.7 Å². The van der Waals surface area contributed by atoms with E-state index >= 15 is 0 Å². The highest BCUT2D eigenvalue weighted by Gasteiger charge is 2.15. The Bertz CT molecular complexity index is 559. The van der Waals surface area contributed by atoms with Crippen molar-refractivity contribution in [1.29, 1.82) is 0 Å². The fraction of sp³-hybridized carbons (Fsp3) is 0.357. The van der Waals surface area contributed by atoms with Crippen LogP contribution in [0.1, 0.15) is 11.1 Å². The molecule has 8 nitrogen and oxygen atoms in total. The number of hydrogen-bond donors (Lipinski definition) is 4. The molecular formula is C14H19N3O5.